The Bertz CT molecular complexity index is 306. The molecule has 72 valence electrons. The lowest BCUT2D eigenvalue weighted by Crippen LogP contribution is -2.17. The molecule has 2 nitrogen and oxygen atoms in total. The van der Waals surface area contributed by atoms with Crippen LogP contribution in [0.4, 0.5) is 4.39 Å². The standard InChI is InChI=1S/C10H15FN2/c1-7-6-8(2)13(12-7)10-5-3-4-9(10)11/h6,9-10H,3-5H2,1-2H3/t9-,10-/m1/s1. The van der Waals surface area contributed by atoms with Crippen LogP contribution in [0.15, 0.2) is 6.07 Å². The first-order chi connectivity index (χ1) is 6.18. The highest BCUT2D eigenvalue weighted by Crippen LogP contribution is 2.32. The Hall–Kier alpha value is -0.860. The summed E-state index contributed by atoms with van der Waals surface area (Å²) in [7, 11) is 0. The van der Waals surface area contributed by atoms with E-state index in [-0.39, 0.29) is 6.04 Å². The molecular weight excluding hydrogens is 167 g/mol. The summed E-state index contributed by atoms with van der Waals surface area (Å²) in [4.78, 5) is 0. The van der Waals surface area contributed by atoms with Crippen molar-refractivity contribution in [2.45, 2.75) is 45.3 Å². The maximum atomic E-state index is 13.4. The summed E-state index contributed by atoms with van der Waals surface area (Å²) in [5.41, 5.74) is 2.06. The third-order valence-corrected chi connectivity index (χ3v) is 2.76. The van der Waals surface area contributed by atoms with Crippen LogP contribution in [-0.4, -0.2) is 16.0 Å². The van der Waals surface area contributed by atoms with Crippen molar-refractivity contribution in [3.8, 4) is 0 Å². The van der Waals surface area contributed by atoms with E-state index >= 15 is 0 Å². The lowest BCUT2D eigenvalue weighted by molar-refractivity contribution is 0.247. The van der Waals surface area contributed by atoms with Crippen LogP contribution in [0.1, 0.15) is 36.7 Å². The molecule has 0 unspecified atom stereocenters. The monoisotopic (exact) mass is 182 g/mol. The predicted molar refractivity (Wildman–Crippen MR) is 49.5 cm³/mol. The van der Waals surface area contributed by atoms with Crippen molar-refractivity contribution in [3.63, 3.8) is 0 Å². The topological polar surface area (TPSA) is 17.8 Å². The summed E-state index contributed by atoms with van der Waals surface area (Å²) >= 11 is 0. The van der Waals surface area contributed by atoms with Gasteiger partial charge in [-0.2, -0.15) is 5.10 Å². The van der Waals surface area contributed by atoms with E-state index in [0.717, 1.165) is 24.2 Å². The average molecular weight is 182 g/mol. The van der Waals surface area contributed by atoms with Gasteiger partial charge >= 0.3 is 0 Å². The molecule has 1 heterocycles. The molecule has 1 aliphatic rings. The number of halogens is 1. The smallest absolute Gasteiger partial charge is 0.122 e. The van der Waals surface area contributed by atoms with Gasteiger partial charge in [0.25, 0.3) is 0 Å². The first kappa shape index (κ1) is 8.73. The van der Waals surface area contributed by atoms with Gasteiger partial charge in [-0.1, -0.05) is 0 Å². The lowest BCUT2D eigenvalue weighted by Gasteiger charge is -2.14. The quantitative estimate of drug-likeness (QED) is 0.652. The van der Waals surface area contributed by atoms with E-state index in [4.69, 9.17) is 0 Å². The van der Waals surface area contributed by atoms with Crippen molar-refractivity contribution >= 4 is 0 Å². The third-order valence-electron chi connectivity index (χ3n) is 2.76. The highest BCUT2D eigenvalue weighted by atomic mass is 19.1. The molecule has 1 saturated carbocycles. The van der Waals surface area contributed by atoms with Crippen LogP contribution in [0.3, 0.4) is 0 Å². The SMILES string of the molecule is Cc1cc(C)n([C@@H]2CCC[C@H]2F)n1. The van der Waals surface area contributed by atoms with Crippen LogP contribution in [0, 0.1) is 13.8 Å². The Kier molecular flexibility index (Phi) is 2.10. The number of hydrogen-bond donors (Lipinski definition) is 0. The highest BCUT2D eigenvalue weighted by molar-refractivity contribution is 5.08. The second-order valence-electron chi connectivity index (χ2n) is 3.89. The number of nitrogens with zero attached hydrogens (tertiary/aromatic N) is 2. The van der Waals surface area contributed by atoms with Crippen molar-refractivity contribution in [3.05, 3.63) is 17.5 Å². The molecule has 0 bridgehead atoms. The van der Waals surface area contributed by atoms with E-state index in [1.54, 1.807) is 0 Å². The Morgan fingerprint density at radius 3 is 2.69 bits per heavy atom. The maximum Gasteiger partial charge on any atom is 0.122 e. The molecule has 1 fully saturated rings. The number of aromatic nitrogens is 2. The van der Waals surface area contributed by atoms with Gasteiger partial charge < -0.3 is 0 Å². The molecule has 2 rings (SSSR count). The van der Waals surface area contributed by atoms with Gasteiger partial charge in [0.15, 0.2) is 0 Å². The minimum atomic E-state index is -0.696. The van der Waals surface area contributed by atoms with Gasteiger partial charge in [0.2, 0.25) is 0 Å². The van der Waals surface area contributed by atoms with Crippen molar-refractivity contribution in [2.75, 3.05) is 0 Å². The van der Waals surface area contributed by atoms with E-state index in [9.17, 15) is 4.39 Å². The number of alkyl halides is 1. The lowest BCUT2D eigenvalue weighted by atomic mass is 10.2. The second-order valence-corrected chi connectivity index (χ2v) is 3.89. The molecule has 1 aliphatic carbocycles. The van der Waals surface area contributed by atoms with Crippen LogP contribution in [0.25, 0.3) is 0 Å². The van der Waals surface area contributed by atoms with E-state index in [0.29, 0.717) is 6.42 Å². The van der Waals surface area contributed by atoms with E-state index < -0.39 is 6.17 Å². The molecule has 13 heavy (non-hydrogen) atoms. The minimum absolute atomic E-state index is 0.00583. The van der Waals surface area contributed by atoms with Gasteiger partial charge in [0.05, 0.1) is 11.7 Å². The molecule has 0 radical (unpaired) electrons. The van der Waals surface area contributed by atoms with Gasteiger partial charge in [-0.3, -0.25) is 4.68 Å². The van der Waals surface area contributed by atoms with Crippen LogP contribution < -0.4 is 0 Å². The molecule has 0 spiro atoms. The van der Waals surface area contributed by atoms with E-state index in [1.807, 2.05) is 24.6 Å². The van der Waals surface area contributed by atoms with Crippen LogP contribution in [0.5, 0.6) is 0 Å². The van der Waals surface area contributed by atoms with E-state index in [2.05, 4.69) is 5.10 Å². The van der Waals surface area contributed by atoms with Crippen LogP contribution >= 0.6 is 0 Å². The highest BCUT2D eigenvalue weighted by Gasteiger charge is 2.29. The summed E-state index contributed by atoms with van der Waals surface area (Å²) in [5.74, 6) is 0. The fourth-order valence-corrected chi connectivity index (χ4v) is 2.15. The Balaban J connectivity index is 2.28. The van der Waals surface area contributed by atoms with Gasteiger partial charge in [-0.25, -0.2) is 4.39 Å². The van der Waals surface area contributed by atoms with Gasteiger partial charge in [0.1, 0.15) is 6.17 Å². The Morgan fingerprint density at radius 1 is 1.46 bits per heavy atom. The predicted octanol–water partition coefficient (Wildman–Crippen LogP) is 2.56. The summed E-state index contributed by atoms with van der Waals surface area (Å²) in [5, 5.41) is 4.32. The Morgan fingerprint density at radius 2 is 2.23 bits per heavy atom. The maximum absolute atomic E-state index is 13.4. The van der Waals surface area contributed by atoms with Gasteiger partial charge in [-0.05, 0) is 39.2 Å². The summed E-state index contributed by atoms with van der Waals surface area (Å²) in [6, 6.07) is 2.00. The molecule has 3 heteroatoms. The zero-order valence-corrected chi connectivity index (χ0v) is 8.13. The molecule has 0 saturated heterocycles. The molecule has 1 aromatic rings. The minimum Gasteiger partial charge on any atom is -0.264 e. The van der Waals surface area contributed by atoms with Crippen molar-refractivity contribution in [1.29, 1.82) is 0 Å². The van der Waals surface area contributed by atoms with Crippen molar-refractivity contribution in [2.24, 2.45) is 0 Å². The van der Waals surface area contributed by atoms with Crippen molar-refractivity contribution < 1.29 is 4.39 Å². The zero-order valence-electron chi connectivity index (χ0n) is 8.13. The Labute approximate surface area is 77.8 Å². The first-order valence-corrected chi connectivity index (χ1v) is 4.85. The van der Waals surface area contributed by atoms with Gasteiger partial charge in [0, 0.05) is 5.69 Å². The second kappa shape index (κ2) is 3.13. The molecular formula is C10H15FN2. The number of hydrogen-bond acceptors (Lipinski definition) is 1. The molecule has 0 amide bonds. The molecule has 0 aliphatic heterocycles. The summed E-state index contributed by atoms with van der Waals surface area (Å²) < 4.78 is 15.3. The summed E-state index contributed by atoms with van der Waals surface area (Å²) in [6.07, 6.45) is 1.93. The van der Waals surface area contributed by atoms with Crippen LogP contribution in [0.2, 0.25) is 0 Å². The third kappa shape index (κ3) is 1.47. The number of aryl methyl sites for hydroxylation is 2. The molecule has 0 N–H and O–H groups in total. The molecule has 1 aromatic heterocycles. The summed E-state index contributed by atoms with van der Waals surface area (Å²) in [6.45, 7) is 3.94. The average Bonchev–Trinajstić information content (AvgIpc) is 2.58. The fourth-order valence-electron chi connectivity index (χ4n) is 2.15. The largest absolute Gasteiger partial charge is 0.264 e. The van der Waals surface area contributed by atoms with Crippen molar-refractivity contribution in [1.82, 2.24) is 9.78 Å². The van der Waals surface area contributed by atoms with Gasteiger partial charge in [-0.15, -0.1) is 0 Å². The van der Waals surface area contributed by atoms with Crippen LogP contribution in [-0.2, 0) is 0 Å². The molecule has 2 atom stereocenters. The number of rotatable bonds is 1. The normalized spacial score (nSPS) is 28.2. The van der Waals surface area contributed by atoms with E-state index in [1.165, 1.54) is 0 Å². The fraction of sp³-hybridized carbons (Fsp3) is 0.700. The zero-order chi connectivity index (χ0) is 9.42. The first-order valence-electron chi connectivity index (χ1n) is 4.85. The molecule has 0 aromatic carbocycles.